The number of nitrogens with two attached hydrogens (primary N) is 1. The highest BCUT2D eigenvalue weighted by Gasteiger charge is 2.04. The zero-order valence-corrected chi connectivity index (χ0v) is 9.56. The molecule has 3 N–H and O–H groups in total. The summed E-state index contributed by atoms with van der Waals surface area (Å²) in [5.41, 5.74) is 5.47. The van der Waals surface area contributed by atoms with Gasteiger partial charge in [-0.25, -0.2) is 4.98 Å². The second kappa shape index (κ2) is 4.79. The van der Waals surface area contributed by atoms with Gasteiger partial charge in [0.2, 0.25) is 0 Å². The molecule has 13 heavy (non-hydrogen) atoms. The lowest BCUT2D eigenvalue weighted by Crippen LogP contribution is -2.25. The Morgan fingerprint density at radius 3 is 3.00 bits per heavy atom. The molecule has 0 aliphatic heterocycles. The van der Waals surface area contributed by atoms with Gasteiger partial charge in [0.25, 0.3) is 0 Å². The van der Waals surface area contributed by atoms with Gasteiger partial charge in [0.1, 0.15) is 5.82 Å². The third-order valence-corrected chi connectivity index (χ3v) is 2.36. The summed E-state index contributed by atoms with van der Waals surface area (Å²) in [6, 6.07) is 1.99. The van der Waals surface area contributed by atoms with Crippen LogP contribution >= 0.6 is 27.5 Å². The Morgan fingerprint density at radius 2 is 2.46 bits per heavy atom. The topological polar surface area (TPSA) is 50.9 Å². The minimum atomic E-state index is 0.199. The standard InChI is InChI=1S/C8H11BrClN3/c1-5(3-11)13-8-7(9)2-6(10)4-12-8/h2,4-5H,3,11H2,1H3,(H,12,13). The number of hydrogen-bond donors (Lipinski definition) is 2. The molecule has 0 fully saturated rings. The first-order valence-electron chi connectivity index (χ1n) is 3.91. The zero-order valence-electron chi connectivity index (χ0n) is 7.22. The normalized spacial score (nSPS) is 12.6. The van der Waals surface area contributed by atoms with E-state index in [1.807, 2.05) is 6.92 Å². The SMILES string of the molecule is CC(CN)Nc1ncc(Cl)cc1Br. The van der Waals surface area contributed by atoms with Crippen molar-refractivity contribution in [3.63, 3.8) is 0 Å². The average molecular weight is 265 g/mol. The smallest absolute Gasteiger partial charge is 0.140 e. The van der Waals surface area contributed by atoms with Gasteiger partial charge in [0, 0.05) is 18.8 Å². The number of aromatic nitrogens is 1. The summed E-state index contributed by atoms with van der Waals surface area (Å²) in [6.45, 7) is 2.56. The van der Waals surface area contributed by atoms with Crippen molar-refractivity contribution in [2.45, 2.75) is 13.0 Å². The highest BCUT2D eigenvalue weighted by Crippen LogP contribution is 2.23. The summed E-state index contributed by atoms with van der Waals surface area (Å²) < 4.78 is 0.848. The van der Waals surface area contributed by atoms with Crippen LogP contribution in [0.4, 0.5) is 5.82 Å². The number of hydrogen-bond acceptors (Lipinski definition) is 3. The molecule has 0 saturated carbocycles. The van der Waals surface area contributed by atoms with Crippen LogP contribution in [0.2, 0.25) is 5.02 Å². The second-order valence-corrected chi connectivity index (χ2v) is 4.06. The van der Waals surface area contributed by atoms with E-state index in [0.717, 1.165) is 10.3 Å². The van der Waals surface area contributed by atoms with Crippen LogP contribution in [0.1, 0.15) is 6.92 Å². The first-order chi connectivity index (χ1) is 6.13. The second-order valence-electron chi connectivity index (χ2n) is 2.77. The van der Waals surface area contributed by atoms with E-state index in [0.29, 0.717) is 11.6 Å². The van der Waals surface area contributed by atoms with Crippen LogP contribution in [-0.4, -0.2) is 17.6 Å². The molecule has 0 amide bonds. The monoisotopic (exact) mass is 263 g/mol. The molecule has 1 rings (SSSR count). The molecule has 0 saturated heterocycles. The lowest BCUT2D eigenvalue weighted by molar-refractivity contribution is 0.797. The van der Waals surface area contributed by atoms with Gasteiger partial charge in [-0.05, 0) is 28.9 Å². The first-order valence-corrected chi connectivity index (χ1v) is 5.08. The lowest BCUT2D eigenvalue weighted by atomic mass is 10.3. The van der Waals surface area contributed by atoms with Crippen molar-refractivity contribution in [1.82, 2.24) is 4.98 Å². The maximum atomic E-state index is 5.74. The fourth-order valence-corrected chi connectivity index (χ4v) is 1.57. The number of rotatable bonds is 3. The van der Waals surface area contributed by atoms with E-state index in [-0.39, 0.29) is 6.04 Å². The van der Waals surface area contributed by atoms with E-state index in [2.05, 4.69) is 26.2 Å². The van der Waals surface area contributed by atoms with Crippen LogP contribution in [0.25, 0.3) is 0 Å². The Bertz CT molecular complexity index is 293. The van der Waals surface area contributed by atoms with Gasteiger partial charge in [0.15, 0.2) is 0 Å². The summed E-state index contributed by atoms with van der Waals surface area (Å²) in [6.07, 6.45) is 1.60. The number of anilines is 1. The molecule has 5 heteroatoms. The quantitative estimate of drug-likeness (QED) is 0.880. The van der Waals surface area contributed by atoms with E-state index in [1.165, 1.54) is 0 Å². The Balaban J connectivity index is 2.77. The third kappa shape index (κ3) is 3.14. The highest BCUT2D eigenvalue weighted by molar-refractivity contribution is 9.10. The maximum absolute atomic E-state index is 5.74. The van der Waals surface area contributed by atoms with Gasteiger partial charge in [-0.15, -0.1) is 0 Å². The van der Waals surface area contributed by atoms with Gasteiger partial charge in [-0.1, -0.05) is 11.6 Å². The van der Waals surface area contributed by atoms with Gasteiger partial charge in [-0.2, -0.15) is 0 Å². The Hall–Kier alpha value is -0.320. The summed E-state index contributed by atoms with van der Waals surface area (Å²) in [7, 11) is 0. The van der Waals surface area contributed by atoms with E-state index < -0.39 is 0 Å². The summed E-state index contributed by atoms with van der Waals surface area (Å²) in [5.74, 6) is 0.766. The van der Waals surface area contributed by atoms with Crippen molar-refractivity contribution in [1.29, 1.82) is 0 Å². The van der Waals surface area contributed by atoms with E-state index in [1.54, 1.807) is 12.3 Å². The van der Waals surface area contributed by atoms with Crippen LogP contribution in [-0.2, 0) is 0 Å². The Labute approximate surface area is 90.8 Å². The van der Waals surface area contributed by atoms with Crippen molar-refractivity contribution < 1.29 is 0 Å². The maximum Gasteiger partial charge on any atom is 0.140 e. The molecule has 1 aromatic rings. The molecular formula is C8H11BrClN3. The molecule has 0 aromatic carbocycles. The molecule has 1 atom stereocenters. The Morgan fingerprint density at radius 1 is 1.77 bits per heavy atom. The zero-order chi connectivity index (χ0) is 9.84. The van der Waals surface area contributed by atoms with Crippen molar-refractivity contribution in [2.75, 3.05) is 11.9 Å². The third-order valence-electron chi connectivity index (χ3n) is 1.54. The summed E-state index contributed by atoms with van der Waals surface area (Å²) >= 11 is 9.10. The molecule has 1 heterocycles. The van der Waals surface area contributed by atoms with Crippen molar-refractivity contribution in [2.24, 2.45) is 5.73 Å². The van der Waals surface area contributed by atoms with Crippen LogP contribution < -0.4 is 11.1 Å². The van der Waals surface area contributed by atoms with Crippen molar-refractivity contribution in [3.8, 4) is 0 Å². The predicted octanol–water partition coefficient (Wildman–Crippen LogP) is 2.26. The van der Waals surface area contributed by atoms with E-state index in [4.69, 9.17) is 17.3 Å². The largest absolute Gasteiger partial charge is 0.365 e. The van der Waals surface area contributed by atoms with Gasteiger partial charge >= 0.3 is 0 Å². The van der Waals surface area contributed by atoms with E-state index in [9.17, 15) is 0 Å². The van der Waals surface area contributed by atoms with Crippen molar-refractivity contribution in [3.05, 3.63) is 21.8 Å². The van der Waals surface area contributed by atoms with Gasteiger partial charge in [-0.3, -0.25) is 0 Å². The minimum Gasteiger partial charge on any atom is -0.365 e. The number of pyridine rings is 1. The molecular weight excluding hydrogens is 253 g/mol. The lowest BCUT2D eigenvalue weighted by Gasteiger charge is -2.12. The van der Waals surface area contributed by atoms with Crippen molar-refractivity contribution >= 4 is 33.3 Å². The number of nitrogens with one attached hydrogen (secondary N) is 1. The van der Waals surface area contributed by atoms with Crippen LogP contribution in [0.15, 0.2) is 16.7 Å². The molecule has 0 aliphatic rings. The van der Waals surface area contributed by atoms with Crippen LogP contribution in [0, 0.1) is 0 Å². The fourth-order valence-electron chi connectivity index (χ4n) is 0.813. The average Bonchev–Trinajstić information content (AvgIpc) is 2.09. The summed E-state index contributed by atoms with van der Waals surface area (Å²) in [5, 5.41) is 3.75. The summed E-state index contributed by atoms with van der Waals surface area (Å²) in [4.78, 5) is 4.12. The van der Waals surface area contributed by atoms with Gasteiger partial charge in [0.05, 0.1) is 9.50 Å². The van der Waals surface area contributed by atoms with Crippen LogP contribution in [0.3, 0.4) is 0 Å². The number of halogens is 2. The fraction of sp³-hybridized carbons (Fsp3) is 0.375. The molecule has 0 spiro atoms. The predicted molar refractivity (Wildman–Crippen MR) is 59.1 cm³/mol. The molecule has 0 bridgehead atoms. The minimum absolute atomic E-state index is 0.199. The molecule has 1 unspecified atom stereocenters. The van der Waals surface area contributed by atoms with E-state index >= 15 is 0 Å². The van der Waals surface area contributed by atoms with Crippen LogP contribution in [0.5, 0.6) is 0 Å². The molecule has 0 radical (unpaired) electrons. The molecule has 1 aromatic heterocycles. The van der Waals surface area contributed by atoms with Gasteiger partial charge < -0.3 is 11.1 Å². The Kier molecular flexibility index (Phi) is 3.96. The molecule has 72 valence electrons. The molecule has 0 aliphatic carbocycles. The molecule has 3 nitrogen and oxygen atoms in total. The first kappa shape index (κ1) is 10.8. The number of nitrogens with zero attached hydrogens (tertiary/aromatic N) is 1. The highest BCUT2D eigenvalue weighted by atomic mass is 79.9.